The molecular weight excluding hydrogens is 1590 g/mol. The zero-order chi connectivity index (χ0) is 86.8. The number of fused-ring (bicyclic) bond motifs is 10. The summed E-state index contributed by atoms with van der Waals surface area (Å²) in [5.74, 6) is 1.00. The fourth-order valence-electron chi connectivity index (χ4n) is 22.6. The van der Waals surface area contributed by atoms with Gasteiger partial charge in [0.15, 0.2) is 41.9 Å². The summed E-state index contributed by atoms with van der Waals surface area (Å²) in [5.41, 5.74) is 3.90. The Morgan fingerprint density at radius 3 is 1.50 bits per heavy atom. The molecule has 1 aromatic rings. The summed E-state index contributed by atoms with van der Waals surface area (Å²) in [6, 6.07) is 4.37. The van der Waals surface area contributed by atoms with Crippen molar-refractivity contribution in [2.45, 2.75) is 319 Å². The maximum atomic E-state index is 14.7. The lowest BCUT2D eigenvalue weighted by molar-refractivity contribution is -0.314. The van der Waals surface area contributed by atoms with Crippen molar-refractivity contribution in [2.24, 2.45) is 76.0 Å². The van der Waals surface area contributed by atoms with E-state index in [1.165, 1.54) is 5.57 Å². The number of allylic oxidation sites excluding steroid dienone is 8. The van der Waals surface area contributed by atoms with Gasteiger partial charge in [0.2, 0.25) is 6.19 Å². The minimum Gasteiger partial charge on any atom is -0.462 e. The number of pyridine rings is 1. The smallest absolute Gasteiger partial charge is 0.306 e. The van der Waals surface area contributed by atoms with Gasteiger partial charge in [-0.25, -0.2) is 4.98 Å². The van der Waals surface area contributed by atoms with E-state index in [0.717, 1.165) is 131 Å². The van der Waals surface area contributed by atoms with Crippen molar-refractivity contribution >= 4 is 52.0 Å². The largest absolute Gasteiger partial charge is 0.462 e. The quantitative estimate of drug-likeness (QED) is 0.0507. The Kier molecular flexibility index (Phi) is 34.6. The van der Waals surface area contributed by atoms with E-state index >= 15 is 0 Å². The second-order valence-electron chi connectivity index (χ2n) is 36.7. The number of carbonyl (C=O) groups is 4. The number of amidine groups is 1. The number of methoxy groups -OCH3 is 6. The maximum Gasteiger partial charge on any atom is 0.306 e. The van der Waals surface area contributed by atoms with Crippen LogP contribution in [0, 0.1) is 82.5 Å². The Morgan fingerprint density at radius 1 is 0.554 bits per heavy atom. The number of aromatic nitrogens is 1. The first kappa shape index (κ1) is 95.5. The van der Waals surface area contributed by atoms with Crippen LogP contribution in [0.25, 0.3) is 0 Å². The number of carbonyl (C=O) groups excluding carboxylic acids is 4. The molecule has 0 aromatic carbocycles. The minimum atomic E-state index is -0.598. The van der Waals surface area contributed by atoms with Gasteiger partial charge in [0.05, 0.1) is 61.7 Å². The van der Waals surface area contributed by atoms with Crippen molar-refractivity contribution < 1.29 is 95.0 Å². The molecule has 676 valence electrons. The zero-order valence-corrected chi connectivity index (χ0v) is 76.8. The number of hydrogen-bond acceptors (Lipinski definition) is 26. The second kappa shape index (κ2) is 43.9. The molecule has 9 fully saturated rings. The highest BCUT2D eigenvalue weighted by Gasteiger charge is 2.57. The number of hydrogen-bond donors (Lipinski definition) is 0. The summed E-state index contributed by atoms with van der Waals surface area (Å²) in [7, 11) is 18.3. The van der Waals surface area contributed by atoms with Gasteiger partial charge >= 0.3 is 11.9 Å². The lowest BCUT2D eigenvalue weighted by atomic mass is 9.67. The number of aliphatic imine (C=N–C) groups is 1. The molecule has 0 amide bonds. The van der Waals surface area contributed by atoms with E-state index in [1.807, 2.05) is 40.0 Å². The van der Waals surface area contributed by atoms with Gasteiger partial charge in [-0.2, -0.15) is 5.26 Å². The monoisotopic (exact) mass is 1730 g/mol. The maximum absolute atomic E-state index is 14.7. The molecular formula is C93H141ClN6O20S. The van der Waals surface area contributed by atoms with Crippen molar-refractivity contribution in [3.8, 4) is 6.19 Å². The molecule has 0 spiro atoms. The van der Waals surface area contributed by atoms with Crippen molar-refractivity contribution in [1.82, 2.24) is 19.7 Å². The molecule has 2 saturated carbocycles. The van der Waals surface area contributed by atoms with Crippen LogP contribution in [-0.4, -0.2) is 266 Å². The number of Topliss-reactive ketones (excluding diaryl/α,β-unsaturated/α-hetero) is 2. The van der Waals surface area contributed by atoms with Crippen LogP contribution in [0.1, 0.15) is 183 Å². The molecule has 6 aliphatic carbocycles. The van der Waals surface area contributed by atoms with Crippen LogP contribution in [0.15, 0.2) is 70.4 Å². The number of thioether (sulfide) groups is 1. The summed E-state index contributed by atoms with van der Waals surface area (Å²) in [5, 5.41) is 9.82. The molecule has 28 heteroatoms. The first-order valence-electron chi connectivity index (χ1n) is 45.1. The topological polar surface area (TPSA) is 275 Å². The molecule has 121 heavy (non-hydrogen) atoms. The second-order valence-corrected chi connectivity index (χ2v) is 38.2. The number of esters is 2. The molecule has 0 N–H and O–H groups in total. The van der Waals surface area contributed by atoms with E-state index in [0.29, 0.717) is 41.9 Å². The molecule has 13 aliphatic rings. The highest BCUT2D eigenvalue weighted by atomic mass is 35.5. The first-order chi connectivity index (χ1) is 58.1. The molecule has 7 aliphatic heterocycles. The van der Waals surface area contributed by atoms with Crippen molar-refractivity contribution in [1.29, 1.82) is 5.26 Å². The van der Waals surface area contributed by atoms with E-state index in [4.69, 9.17) is 92.7 Å². The molecule has 14 rings (SSSR count). The van der Waals surface area contributed by atoms with Gasteiger partial charge in [-0.15, -0.1) is 4.99 Å². The Bertz CT molecular complexity index is 3790. The number of halogens is 1. The third kappa shape index (κ3) is 22.4. The van der Waals surface area contributed by atoms with Crippen molar-refractivity contribution in [3.05, 3.63) is 76.1 Å². The highest BCUT2D eigenvalue weighted by Crippen LogP contribution is 2.58. The van der Waals surface area contributed by atoms with Gasteiger partial charge in [0.25, 0.3) is 0 Å². The number of rotatable bonds is 20. The summed E-state index contributed by atoms with van der Waals surface area (Å²) in [4.78, 5) is 70.8. The van der Waals surface area contributed by atoms with Crippen LogP contribution >= 0.6 is 23.4 Å². The molecule has 26 nitrogen and oxygen atoms in total. The summed E-state index contributed by atoms with van der Waals surface area (Å²) >= 11 is 7.32. The van der Waals surface area contributed by atoms with E-state index in [9.17, 15) is 19.2 Å². The predicted molar refractivity (Wildman–Crippen MR) is 458 cm³/mol. The molecule has 8 heterocycles. The molecule has 0 bridgehead atoms. The van der Waals surface area contributed by atoms with Crippen LogP contribution in [0.2, 0.25) is 5.15 Å². The molecule has 1 aromatic heterocycles. The van der Waals surface area contributed by atoms with Crippen molar-refractivity contribution in [2.75, 3.05) is 83.1 Å². The Morgan fingerprint density at radius 2 is 1.04 bits per heavy atom. The van der Waals surface area contributed by atoms with Crippen molar-refractivity contribution in [3.63, 3.8) is 0 Å². The molecule has 0 radical (unpaired) electrons. The van der Waals surface area contributed by atoms with Crippen LogP contribution < -0.4 is 0 Å². The standard InChI is InChI=1S/C42H67NO10.C41H65NO10.C10H9ClN4S/c1-11-26-13-12-14-35(53-37-16-15-34(43(6)7)24(4)49-37)23(3)38(45)33-20-31-29(32(33)21-36(44)51-26)17-22(2)28-18-27(19-30(28)31)52-42-41(48-10)40(47-9)39(46-8)25(5)50-42;1-10-26-12-11-13-34(52-36-17-16-33(42(5)6)23(3)48-36)22(2)37(44)32-20-30-28(31(32)21-35(43)50-26)15-14-25-18-27(19-29(25)30)51-41-40(47-9)39(46-8)38(45-7)24(4)49-41;11-9-2-1-8(5-13-9)6-15-3-4-16-10(15)14-7-12/h17,20,23-32,34-35,37,39-42H,11-16,18-19,21H2,1-10H3;14-15,20,22-31,33-34,36,38-41H,10-13,16-19,21H2,1-9H3;1-2,5H,3-4,6H2/b;;14-10-/t23-,24-,25+,26+,27-,28+,29-,30-,31-,32+,34+,35+,37+,39+,40-,41-,42+;22-,23-,24+,25-,26+,27-,28-,29-,30-,31+,33+,34+,36+,38+,39-,40-,41+;/m11./s1. The van der Waals surface area contributed by atoms with Gasteiger partial charge in [0, 0.05) is 103 Å². The van der Waals surface area contributed by atoms with Crippen LogP contribution in [0.3, 0.4) is 0 Å². The lowest BCUT2D eigenvalue weighted by Crippen LogP contribution is -2.59. The van der Waals surface area contributed by atoms with Crippen LogP contribution in [0.5, 0.6) is 0 Å². The average molecular weight is 1730 g/mol. The van der Waals surface area contributed by atoms with Gasteiger partial charge in [0.1, 0.15) is 54.0 Å². The Hall–Kier alpha value is -4.65. The number of ketones is 2. The van der Waals surface area contributed by atoms with E-state index < -0.39 is 24.8 Å². The van der Waals surface area contributed by atoms with Crippen LogP contribution in [-0.2, 0) is 102 Å². The van der Waals surface area contributed by atoms with Gasteiger partial charge in [-0.05, 0) is 236 Å². The average Bonchev–Trinajstić information content (AvgIpc) is 1.59. The normalized spacial score (nSPS) is 41.8. The molecule has 0 unspecified atom stereocenters. The summed E-state index contributed by atoms with van der Waals surface area (Å²) in [6.45, 7) is 20.2. The summed E-state index contributed by atoms with van der Waals surface area (Å²) < 4.78 is 99.3. The number of nitrogens with zero attached hydrogens (tertiary/aromatic N) is 6. The summed E-state index contributed by atoms with van der Waals surface area (Å²) in [6.07, 6.45) is 23.0. The highest BCUT2D eigenvalue weighted by molar-refractivity contribution is 8.14. The Labute approximate surface area is 728 Å². The number of ether oxygens (including phenoxy) is 16. The fourth-order valence-corrected chi connectivity index (χ4v) is 23.7. The molecule has 7 saturated heterocycles. The fraction of sp³-hybridized carbons (Fsp3) is 0.796. The van der Waals surface area contributed by atoms with Gasteiger partial charge in [-0.1, -0.05) is 93.1 Å². The third-order valence-electron chi connectivity index (χ3n) is 29.1. The van der Waals surface area contributed by atoms with E-state index in [-0.39, 0.29) is 194 Å². The number of nitriles is 1. The Balaban J connectivity index is 0.000000187. The van der Waals surface area contributed by atoms with Gasteiger partial charge in [-0.3, -0.25) is 19.2 Å². The van der Waals surface area contributed by atoms with E-state index in [2.05, 4.69) is 118 Å². The number of likely N-dealkylation sites (N-methyl/N-ethyl adjacent to an activating group) is 2. The predicted octanol–water partition coefficient (Wildman–Crippen LogP) is 13.5. The van der Waals surface area contributed by atoms with Gasteiger partial charge < -0.3 is 90.5 Å². The van der Waals surface area contributed by atoms with E-state index in [1.54, 1.807) is 66.7 Å². The molecule has 34 atom stereocenters. The third-order valence-corrected chi connectivity index (χ3v) is 30.3. The first-order valence-corrected chi connectivity index (χ1v) is 46.5. The minimum absolute atomic E-state index is 0.0364. The zero-order valence-electron chi connectivity index (χ0n) is 75.2. The van der Waals surface area contributed by atoms with Crippen LogP contribution in [0.4, 0.5) is 0 Å². The lowest BCUT2D eigenvalue weighted by Gasteiger charge is -2.44. The SMILES string of the molecule is CC[C@H]1CCC[C@H](O[C@H]2CC[C@H](N(C)C)[C@@H](C)O2)[C@@H](C)C(=O)C2=C[C@@H]3[C@@H](C=C(C)[C@@H]4C[C@@H](O[C@@H]5O[C@@H](C)[C@H](OC)[C@@H](OC)[C@H]5OC)C[C@@H]34)[C@@H]2CC(=O)O1.CC[C@H]1CCC[C@H](O[C@H]2CC[C@H](N(C)C)[C@@H](C)O2)[C@@H](C)C(=O)C2=C[C@@H]3[C@@H](C=C[C@@H]4C[C@@H](O[C@@H]5O[C@@H](C)[C@H](OC)[C@@H](OC)[C@H]5OC)C[C@@H]34)[C@@H]2CC(=O)O1.N#C/N=C1\SCCN1Cc1ccc(Cl)nc1. The number of cyclic esters (lactones) is 2.